The summed E-state index contributed by atoms with van der Waals surface area (Å²) in [6.45, 7) is 6.86. The number of hydrogen-bond acceptors (Lipinski definition) is 5. The summed E-state index contributed by atoms with van der Waals surface area (Å²) in [4.78, 5) is 21.1. The monoisotopic (exact) mass is 494 g/mol. The molecule has 3 atom stereocenters. The molecule has 0 aliphatic heterocycles. The first kappa shape index (κ1) is 32.5. The summed E-state index contributed by atoms with van der Waals surface area (Å²) in [5.74, 6) is -0.0255. The number of carbonyl (C=O) groups excluding carboxylic acids is 1. The Morgan fingerprint density at radius 1 is 0.909 bits per heavy atom. The minimum Gasteiger partial charge on any atom is -0.458 e. The molecule has 3 N–H and O–H groups in total. The van der Waals surface area contributed by atoms with Gasteiger partial charge in [-0.15, -0.1) is 0 Å². The second-order valence-electron chi connectivity index (χ2n) is 9.41. The topological polar surface area (TPSA) is 98.7 Å². The maximum atomic E-state index is 12.0. The summed E-state index contributed by atoms with van der Waals surface area (Å²) in [6.07, 6.45) is 16.7. The van der Waals surface area contributed by atoms with Crippen molar-refractivity contribution in [3.05, 3.63) is 0 Å². The summed E-state index contributed by atoms with van der Waals surface area (Å²) in [6, 6.07) is 0. The van der Waals surface area contributed by atoms with Crippen LogP contribution in [0.5, 0.6) is 0 Å². The molecular formula is C25H53NO6P+. The van der Waals surface area contributed by atoms with Crippen molar-refractivity contribution in [1.29, 1.82) is 0 Å². The maximum absolute atomic E-state index is 12.0. The molecule has 7 nitrogen and oxygen atoms in total. The first-order chi connectivity index (χ1) is 15.8. The normalized spacial score (nSPS) is 15.2. The zero-order chi connectivity index (χ0) is 24.8. The van der Waals surface area contributed by atoms with Crippen LogP contribution in [0.1, 0.15) is 104 Å². The van der Waals surface area contributed by atoms with Crippen molar-refractivity contribution in [2.45, 2.75) is 110 Å². The van der Waals surface area contributed by atoms with E-state index >= 15 is 0 Å². The Bertz CT molecular complexity index is 505. The van der Waals surface area contributed by atoms with Crippen LogP contribution in [-0.4, -0.2) is 56.5 Å². The first-order valence-corrected chi connectivity index (χ1v) is 15.1. The lowest BCUT2D eigenvalue weighted by molar-refractivity contribution is -0.622. The standard InChI is InChI=1S/C25H52NO6P/c1-5-6-7-8-9-10-11-12-13-14-15-16-17-23(2)20-30-21-25(32-24(3)27)22-31-33(28,29)19-18-26-4/h23,25-26H,5-22H2,1-4H3,(H,28,29)/p+1. The predicted molar refractivity (Wildman–Crippen MR) is 135 cm³/mol. The van der Waals surface area contributed by atoms with Gasteiger partial charge in [-0.2, -0.15) is 0 Å². The molecule has 0 rings (SSSR count). The van der Waals surface area contributed by atoms with E-state index in [1.165, 1.54) is 84.0 Å². The van der Waals surface area contributed by atoms with Crippen molar-refractivity contribution in [2.24, 2.45) is 5.92 Å². The highest BCUT2D eigenvalue weighted by Crippen LogP contribution is 2.40. The second-order valence-corrected chi connectivity index (χ2v) is 11.4. The highest BCUT2D eigenvalue weighted by Gasteiger charge is 2.23. The fourth-order valence-corrected chi connectivity index (χ4v) is 4.84. The van der Waals surface area contributed by atoms with Gasteiger partial charge in [0.1, 0.15) is 6.10 Å². The molecule has 0 saturated heterocycles. The maximum Gasteiger partial charge on any atom is 0.333 e. The predicted octanol–water partition coefficient (Wildman–Crippen LogP) is 5.06. The van der Waals surface area contributed by atoms with Gasteiger partial charge in [0.2, 0.25) is 0 Å². The molecule has 0 heterocycles. The Hall–Kier alpha value is -0.460. The molecule has 0 aliphatic carbocycles. The smallest absolute Gasteiger partial charge is 0.333 e. The summed E-state index contributed by atoms with van der Waals surface area (Å²) < 4.78 is 28.0. The lowest BCUT2D eigenvalue weighted by Crippen LogP contribution is -2.80. The lowest BCUT2D eigenvalue weighted by atomic mass is 10.0. The molecular weight excluding hydrogens is 441 g/mol. The first-order valence-electron chi connectivity index (χ1n) is 13.3. The number of quaternary nitrogens is 1. The van der Waals surface area contributed by atoms with E-state index in [0.717, 1.165) is 6.42 Å². The third-order valence-corrected chi connectivity index (χ3v) is 7.13. The molecule has 198 valence electrons. The summed E-state index contributed by atoms with van der Waals surface area (Å²) >= 11 is 0. The number of ether oxygens (including phenoxy) is 2. The van der Waals surface area contributed by atoms with E-state index in [4.69, 9.17) is 14.0 Å². The Morgan fingerprint density at radius 3 is 1.97 bits per heavy atom. The Labute approximate surface area is 203 Å². The average Bonchev–Trinajstić information content (AvgIpc) is 2.76. The molecule has 8 heteroatoms. The molecule has 0 aliphatic rings. The van der Waals surface area contributed by atoms with Crippen LogP contribution in [0.3, 0.4) is 0 Å². The van der Waals surface area contributed by atoms with Crippen LogP contribution < -0.4 is 5.32 Å². The van der Waals surface area contributed by atoms with E-state index in [1.807, 2.05) is 12.4 Å². The van der Waals surface area contributed by atoms with Gasteiger partial charge in [0.05, 0.1) is 33.0 Å². The SMILES string of the molecule is CCCCCCCCCCCCCCC(C)COCC(COP(=O)(O)CC[NH2+]C)OC(C)=O. The number of rotatable bonds is 24. The van der Waals surface area contributed by atoms with E-state index < -0.39 is 19.7 Å². The van der Waals surface area contributed by atoms with Gasteiger partial charge in [-0.3, -0.25) is 9.36 Å². The van der Waals surface area contributed by atoms with Crippen LogP contribution in [0.2, 0.25) is 0 Å². The van der Waals surface area contributed by atoms with Gasteiger partial charge < -0.3 is 24.2 Å². The minimum atomic E-state index is -3.67. The summed E-state index contributed by atoms with van der Waals surface area (Å²) in [5.41, 5.74) is 0. The van der Waals surface area contributed by atoms with E-state index in [-0.39, 0.29) is 19.4 Å². The van der Waals surface area contributed by atoms with Crippen molar-refractivity contribution in [1.82, 2.24) is 0 Å². The van der Waals surface area contributed by atoms with Gasteiger partial charge in [-0.1, -0.05) is 90.9 Å². The molecule has 3 unspecified atom stereocenters. The molecule has 33 heavy (non-hydrogen) atoms. The van der Waals surface area contributed by atoms with Crippen LogP contribution in [-0.2, 0) is 23.4 Å². The van der Waals surface area contributed by atoms with Gasteiger partial charge in [0.15, 0.2) is 0 Å². The van der Waals surface area contributed by atoms with Crippen molar-refractivity contribution in [3.8, 4) is 0 Å². The van der Waals surface area contributed by atoms with Gasteiger partial charge in [-0.05, 0) is 12.3 Å². The molecule has 0 aromatic heterocycles. The highest BCUT2D eigenvalue weighted by atomic mass is 31.2. The third-order valence-electron chi connectivity index (χ3n) is 5.75. The molecule has 0 aromatic rings. The van der Waals surface area contributed by atoms with Crippen LogP contribution in [0.25, 0.3) is 0 Å². The van der Waals surface area contributed by atoms with Gasteiger partial charge in [0.25, 0.3) is 0 Å². The fraction of sp³-hybridized carbons (Fsp3) is 0.960. The van der Waals surface area contributed by atoms with Crippen molar-refractivity contribution in [2.75, 3.05) is 39.6 Å². The van der Waals surface area contributed by atoms with E-state index in [0.29, 0.717) is 19.1 Å². The van der Waals surface area contributed by atoms with E-state index in [1.54, 1.807) is 0 Å². The lowest BCUT2D eigenvalue weighted by Gasteiger charge is -2.20. The quantitative estimate of drug-likeness (QED) is 0.111. The molecule has 0 saturated carbocycles. The number of esters is 1. The van der Waals surface area contributed by atoms with Gasteiger partial charge in [0, 0.05) is 13.5 Å². The Morgan fingerprint density at radius 2 is 1.45 bits per heavy atom. The average molecular weight is 495 g/mol. The molecule has 0 radical (unpaired) electrons. The third kappa shape index (κ3) is 23.1. The van der Waals surface area contributed by atoms with Crippen molar-refractivity contribution < 1.29 is 33.6 Å². The molecule has 0 spiro atoms. The second kappa shape index (κ2) is 22.0. The fourth-order valence-electron chi connectivity index (χ4n) is 3.73. The largest absolute Gasteiger partial charge is 0.458 e. The highest BCUT2D eigenvalue weighted by molar-refractivity contribution is 7.52. The summed E-state index contributed by atoms with van der Waals surface area (Å²) in [5, 5.41) is 1.82. The summed E-state index contributed by atoms with van der Waals surface area (Å²) in [7, 11) is -1.85. The number of nitrogens with two attached hydrogens (primary N) is 1. The number of carbonyl (C=O) groups is 1. The Kier molecular flexibility index (Phi) is 21.7. The zero-order valence-corrected chi connectivity index (χ0v) is 22.8. The van der Waals surface area contributed by atoms with E-state index in [2.05, 4.69) is 13.8 Å². The molecule has 0 bridgehead atoms. The number of unbranched alkanes of at least 4 members (excludes halogenated alkanes) is 11. The van der Waals surface area contributed by atoms with Crippen LogP contribution in [0.4, 0.5) is 0 Å². The Balaban J connectivity index is 3.80. The molecule has 0 aromatic carbocycles. The van der Waals surface area contributed by atoms with Crippen molar-refractivity contribution >= 4 is 13.6 Å². The molecule has 0 fully saturated rings. The zero-order valence-electron chi connectivity index (χ0n) is 21.9. The van der Waals surface area contributed by atoms with Gasteiger partial charge in [-0.25, -0.2) is 0 Å². The van der Waals surface area contributed by atoms with E-state index in [9.17, 15) is 14.3 Å². The van der Waals surface area contributed by atoms with Crippen LogP contribution in [0.15, 0.2) is 0 Å². The van der Waals surface area contributed by atoms with Crippen LogP contribution in [0, 0.1) is 5.92 Å². The van der Waals surface area contributed by atoms with Crippen LogP contribution >= 0.6 is 7.60 Å². The minimum absolute atomic E-state index is 0.0627. The van der Waals surface area contributed by atoms with Gasteiger partial charge >= 0.3 is 13.6 Å². The number of hydrogen-bond donors (Lipinski definition) is 2. The molecule has 0 amide bonds. The van der Waals surface area contributed by atoms with Crippen molar-refractivity contribution in [3.63, 3.8) is 0 Å².